The molecule has 0 radical (unpaired) electrons. The predicted octanol–water partition coefficient (Wildman–Crippen LogP) is 3.72. The van der Waals surface area contributed by atoms with Gasteiger partial charge in [0.15, 0.2) is 0 Å². The molecule has 0 amide bonds. The average Bonchev–Trinajstić information content (AvgIpc) is 2.70. The summed E-state index contributed by atoms with van der Waals surface area (Å²) in [5.41, 5.74) is 1.19. The van der Waals surface area contributed by atoms with Crippen LogP contribution < -0.4 is 0 Å². The number of aryl methyl sites for hydroxylation is 1. The van der Waals surface area contributed by atoms with Gasteiger partial charge in [-0.25, -0.2) is 0 Å². The van der Waals surface area contributed by atoms with Crippen LogP contribution in [0.15, 0.2) is 22.7 Å². The van der Waals surface area contributed by atoms with E-state index in [0.717, 1.165) is 5.56 Å². The fraction of sp³-hybridized carbons (Fsp3) is 0.200. The van der Waals surface area contributed by atoms with E-state index in [1.807, 2.05) is 0 Å². The normalized spacial score (nSPS) is 11.8. The molecule has 0 aliphatic heterocycles. The van der Waals surface area contributed by atoms with Gasteiger partial charge >= 0.3 is 12.1 Å². The molecule has 1 aromatic carbocycles. The molecule has 0 N–H and O–H groups in total. The molecule has 0 aliphatic carbocycles. The highest BCUT2D eigenvalue weighted by Crippen LogP contribution is 2.30. The topological polar surface area (TPSA) is 38.9 Å². The first-order chi connectivity index (χ1) is 7.88. The summed E-state index contributed by atoms with van der Waals surface area (Å²) < 4.78 is 40.8. The van der Waals surface area contributed by atoms with Crippen LogP contribution >= 0.6 is 11.6 Å². The van der Waals surface area contributed by atoms with Crippen LogP contribution in [0.25, 0.3) is 11.4 Å². The highest BCUT2D eigenvalue weighted by molar-refractivity contribution is 6.31. The quantitative estimate of drug-likeness (QED) is 0.786. The maximum Gasteiger partial charge on any atom is 0.471 e. The third kappa shape index (κ3) is 2.41. The number of hydrogen-bond donors (Lipinski definition) is 0. The lowest BCUT2D eigenvalue weighted by molar-refractivity contribution is -0.159. The molecule has 1 heterocycles. The maximum atomic E-state index is 12.2. The van der Waals surface area contributed by atoms with E-state index in [2.05, 4.69) is 14.7 Å². The van der Waals surface area contributed by atoms with Crippen molar-refractivity contribution in [1.29, 1.82) is 0 Å². The Labute approximate surface area is 99.2 Å². The lowest BCUT2D eigenvalue weighted by Gasteiger charge is -1.99. The van der Waals surface area contributed by atoms with Crippen molar-refractivity contribution in [1.82, 2.24) is 10.1 Å². The van der Waals surface area contributed by atoms with Gasteiger partial charge in [0, 0.05) is 10.6 Å². The van der Waals surface area contributed by atoms with Crippen LogP contribution in [0.1, 0.15) is 11.5 Å². The molecule has 0 saturated heterocycles. The molecule has 90 valence electrons. The average molecular weight is 263 g/mol. The van der Waals surface area contributed by atoms with Crippen molar-refractivity contribution >= 4 is 11.6 Å². The minimum atomic E-state index is -4.64. The highest BCUT2D eigenvalue weighted by Gasteiger charge is 2.38. The zero-order valence-electron chi connectivity index (χ0n) is 8.55. The van der Waals surface area contributed by atoms with E-state index in [-0.39, 0.29) is 5.82 Å². The Balaban J connectivity index is 2.40. The number of halogens is 4. The van der Waals surface area contributed by atoms with Crippen LogP contribution in [0.3, 0.4) is 0 Å². The molecule has 2 rings (SSSR count). The zero-order valence-corrected chi connectivity index (χ0v) is 9.30. The highest BCUT2D eigenvalue weighted by atomic mass is 35.5. The zero-order chi connectivity index (χ0) is 12.6. The summed E-state index contributed by atoms with van der Waals surface area (Å²) in [6.07, 6.45) is -4.64. The summed E-state index contributed by atoms with van der Waals surface area (Å²) in [6, 6.07) is 4.73. The first-order valence-electron chi connectivity index (χ1n) is 4.55. The van der Waals surface area contributed by atoms with Crippen molar-refractivity contribution in [2.24, 2.45) is 0 Å². The van der Waals surface area contributed by atoms with E-state index in [0.29, 0.717) is 10.6 Å². The molecule has 0 atom stereocenters. The first kappa shape index (κ1) is 11.9. The van der Waals surface area contributed by atoms with E-state index in [1.54, 1.807) is 19.1 Å². The Bertz CT molecular complexity index is 551. The Morgan fingerprint density at radius 1 is 1.29 bits per heavy atom. The maximum absolute atomic E-state index is 12.2. The lowest BCUT2D eigenvalue weighted by atomic mass is 10.1. The fourth-order valence-corrected chi connectivity index (χ4v) is 1.37. The molecular weight excluding hydrogens is 257 g/mol. The van der Waals surface area contributed by atoms with E-state index in [9.17, 15) is 13.2 Å². The largest absolute Gasteiger partial charge is 0.471 e. The van der Waals surface area contributed by atoms with Gasteiger partial charge in [-0.2, -0.15) is 18.2 Å². The van der Waals surface area contributed by atoms with Crippen molar-refractivity contribution in [2.45, 2.75) is 13.1 Å². The molecule has 3 nitrogen and oxygen atoms in total. The van der Waals surface area contributed by atoms with Crippen molar-refractivity contribution < 1.29 is 17.7 Å². The van der Waals surface area contributed by atoms with Crippen LogP contribution in [0.4, 0.5) is 13.2 Å². The van der Waals surface area contributed by atoms with Crippen LogP contribution in [-0.4, -0.2) is 10.1 Å². The van der Waals surface area contributed by atoms with Gasteiger partial charge < -0.3 is 4.52 Å². The molecule has 7 heteroatoms. The van der Waals surface area contributed by atoms with E-state index in [1.165, 1.54) is 6.07 Å². The first-order valence-corrected chi connectivity index (χ1v) is 4.93. The Morgan fingerprint density at radius 2 is 2.00 bits per heavy atom. The van der Waals surface area contributed by atoms with Gasteiger partial charge in [0.1, 0.15) is 0 Å². The third-order valence-corrected chi connectivity index (χ3v) is 2.51. The molecule has 2 aromatic rings. The summed E-state index contributed by atoms with van der Waals surface area (Å²) in [5.74, 6) is -1.51. The number of hydrogen-bond acceptors (Lipinski definition) is 3. The van der Waals surface area contributed by atoms with Gasteiger partial charge in [-0.05, 0) is 18.6 Å². The van der Waals surface area contributed by atoms with Crippen LogP contribution in [0.2, 0.25) is 5.02 Å². The SMILES string of the molecule is Cc1ccc(-c2noc(C(F)(F)F)n2)cc1Cl. The van der Waals surface area contributed by atoms with Crippen molar-refractivity contribution in [2.75, 3.05) is 0 Å². The molecule has 0 bridgehead atoms. The monoisotopic (exact) mass is 262 g/mol. The summed E-state index contributed by atoms with van der Waals surface area (Å²) in [7, 11) is 0. The predicted molar refractivity (Wildman–Crippen MR) is 54.5 cm³/mol. The molecule has 0 fully saturated rings. The fourth-order valence-electron chi connectivity index (χ4n) is 1.19. The number of benzene rings is 1. The number of nitrogens with zero attached hydrogens (tertiary/aromatic N) is 2. The van der Waals surface area contributed by atoms with Gasteiger partial charge in [-0.15, -0.1) is 0 Å². The summed E-state index contributed by atoms with van der Waals surface area (Å²) in [5, 5.41) is 3.69. The van der Waals surface area contributed by atoms with E-state index >= 15 is 0 Å². The smallest absolute Gasteiger partial charge is 0.329 e. The van der Waals surface area contributed by atoms with Gasteiger partial charge in [0.05, 0.1) is 0 Å². The molecular formula is C10H6ClF3N2O. The molecule has 1 aromatic heterocycles. The number of rotatable bonds is 1. The second-order valence-electron chi connectivity index (χ2n) is 3.38. The Kier molecular flexibility index (Phi) is 2.82. The van der Waals surface area contributed by atoms with Crippen molar-refractivity contribution in [3.8, 4) is 11.4 Å². The second kappa shape index (κ2) is 4.03. The van der Waals surface area contributed by atoms with Crippen LogP contribution in [0.5, 0.6) is 0 Å². The van der Waals surface area contributed by atoms with Gasteiger partial charge in [0.2, 0.25) is 5.82 Å². The molecule has 0 unspecified atom stereocenters. The van der Waals surface area contributed by atoms with Gasteiger partial charge in [0.25, 0.3) is 0 Å². The van der Waals surface area contributed by atoms with Crippen LogP contribution in [-0.2, 0) is 6.18 Å². The van der Waals surface area contributed by atoms with E-state index < -0.39 is 12.1 Å². The van der Waals surface area contributed by atoms with Crippen molar-refractivity contribution in [3.05, 3.63) is 34.7 Å². The van der Waals surface area contributed by atoms with Crippen LogP contribution in [0, 0.1) is 6.92 Å². The Hall–Kier alpha value is -1.56. The Morgan fingerprint density at radius 3 is 2.53 bits per heavy atom. The lowest BCUT2D eigenvalue weighted by Crippen LogP contribution is -2.04. The molecule has 0 aliphatic rings. The summed E-state index contributed by atoms with van der Waals surface area (Å²) in [6.45, 7) is 1.78. The molecule has 0 saturated carbocycles. The number of alkyl halides is 3. The second-order valence-corrected chi connectivity index (χ2v) is 3.79. The minimum absolute atomic E-state index is 0.140. The number of aromatic nitrogens is 2. The molecule has 0 spiro atoms. The minimum Gasteiger partial charge on any atom is -0.329 e. The van der Waals surface area contributed by atoms with Gasteiger partial charge in [-0.3, -0.25) is 0 Å². The van der Waals surface area contributed by atoms with E-state index in [4.69, 9.17) is 11.6 Å². The summed E-state index contributed by atoms with van der Waals surface area (Å²) in [4.78, 5) is 3.26. The third-order valence-electron chi connectivity index (χ3n) is 2.10. The standard InChI is InChI=1S/C10H6ClF3N2O/c1-5-2-3-6(4-7(5)11)8-15-9(17-16-8)10(12,13)14/h2-4H,1H3. The molecule has 17 heavy (non-hydrogen) atoms. The van der Waals surface area contributed by atoms with Gasteiger partial charge in [-0.1, -0.05) is 28.9 Å². The summed E-state index contributed by atoms with van der Waals surface area (Å²) >= 11 is 5.85. The van der Waals surface area contributed by atoms with Crippen molar-refractivity contribution in [3.63, 3.8) is 0 Å².